The van der Waals surface area contributed by atoms with E-state index in [1.807, 2.05) is 48.6 Å². The van der Waals surface area contributed by atoms with Gasteiger partial charge in [0.15, 0.2) is 0 Å². The maximum Gasteiger partial charge on any atom is 0.306 e. The van der Waals surface area contributed by atoms with Gasteiger partial charge in [-0.15, -0.1) is 0 Å². The molecule has 0 rings (SSSR count). The lowest BCUT2D eigenvalue weighted by Crippen LogP contribution is -2.46. The summed E-state index contributed by atoms with van der Waals surface area (Å²) in [6.07, 6.45) is 46.8. The van der Waals surface area contributed by atoms with Gasteiger partial charge in [0.2, 0.25) is 5.91 Å². The van der Waals surface area contributed by atoms with Crippen molar-refractivity contribution in [3.8, 4) is 0 Å². The van der Waals surface area contributed by atoms with Crippen LogP contribution in [0.1, 0.15) is 175 Å². The van der Waals surface area contributed by atoms with Gasteiger partial charge in [0.1, 0.15) is 6.10 Å². The second-order valence-electron chi connectivity index (χ2n) is 13.8. The number of rotatable bonds is 35. The normalized spacial score (nSPS) is 14.2. The molecule has 1 amide bonds. The van der Waals surface area contributed by atoms with E-state index in [1.54, 1.807) is 0 Å². The lowest BCUT2D eigenvalue weighted by molar-refractivity contribution is -0.151. The third-order valence-corrected chi connectivity index (χ3v) is 8.88. The number of carbonyl (C=O) groups excluding carboxylic acids is 2. The summed E-state index contributed by atoms with van der Waals surface area (Å²) in [4.78, 5) is 25.8. The second-order valence-corrected chi connectivity index (χ2v) is 13.8. The molecule has 0 saturated carbocycles. The molecule has 0 heterocycles. The Labute approximate surface area is 313 Å². The van der Waals surface area contributed by atoms with Crippen molar-refractivity contribution >= 4 is 11.9 Å². The van der Waals surface area contributed by atoms with Gasteiger partial charge in [0.25, 0.3) is 0 Å². The molecule has 3 unspecified atom stereocenters. The van der Waals surface area contributed by atoms with Gasteiger partial charge in [-0.3, -0.25) is 9.59 Å². The molecule has 6 heteroatoms. The van der Waals surface area contributed by atoms with Crippen molar-refractivity contribution in [2.24, 2.45) is 0 Å². The molecule has 0 fully saturated rings. The summed E-state index contributed by atoms with van der Waals surface area (Å²) in [7, 11) is 0. The molecular formula is C45H77NO5. The van der Waals surface area contributed by atoms with Gasteiger partial charge in [-0.25, -0.2) is 0 Å². The van der Waals surface area contributed by atoms with Crippen LogP contribution in [-0.2, 0) is 14.3 Å². The fourth-order valence-corrected chi connectivity index (χ4v) is 5.74. The van der Waals surface area contributed by atoms with E-state index < -0.39 is 18.2 Å². The van der Waals surface area contributed by atoms with Crippen molar-refractivity contribution in [3.05, 3.63) is 72.9 Å². The van der Waals surface area contributed by atoms with Crippen molar-refractivity contribution in [2.75, 3.05) is 6.61 Å². The molecule has 0 radical (unpaired) electrons. The molecule has 0 spiro atoms. The first-order valence-electron chi connectivity index (χ1n) is 20.7. The first-order valence-corrected chi connectivity index (χ1v) is 20.7. The summed E-state index contributed by atoms with van der Waals surface area (Å²) >= 11 is 0. The van der Waals surface area contributed by atoms with Gasteiger partial charge < -0.3 is 20.3 Å². The van der Waals surface area contributed by atoms with Crippen LogP contribution in [0.15, 0.2) is 72.9 Å². The molecule has 3 atom stereocenters. The Kier molecular flexibility index (Phi) is 36.5. The second kappa shape index (κ2) is 38.5. The van der Waals surface area contributed by atoms with Crippen LogP contribution in [0.4, 0.5) is 0 Å². The zero-order valence-corrected chi connectivity index (χ0v) is 33.0. The predicted molar refractivity (Wildman–Crippen MR) is 218 cm³/mol. The summed E-state index contributed by atoms with van der Waals surface area (Å²) in [5.74, 6) is -0.554. The summed E-state index contributed by atoms with van der Waals surface area (Å²) in [6, 6.07) is -0.714. The van der Waals surface area contributed by atoms with Gasteiger partial charge >= 0.3 is 5.97 Å². The number of nitrogens with one attached hydrogen (secondary N) is 1. The minimum Gasteiger partial charge on any atom is -0.462 e. The summed E-state index contributed by atoms with van der Waals surface area (Å²) in [6.45, 7) is 6.20. The molecule has 6 nitrogen and oxygen atoms in total. The van der Waals surface area contributed by atoms with Crippen LogP contribution in [-0.4, -0.2) is 46.9 Å². The van der Waals surface area contributed by atoms with Crippen LogP contribution >= 0.6 is 0 Å². The van der Waals surface area contributed by atoms with Crippen LogP contribution in [0.2, 0.25) is 0 Å². The number of ether oxygens (including phenoxy) is 1. The van der Waals surface area contributed by atoms with Gasteiger partial charge in [-0.2, -0.15) is 0 Å². The van der Waals surface area contributed by atoms with Crippen molar-refractivity contribution < 1.29 is 24.5 Å². The molecule has 0 aliphatic carbocycles. The summed E-state index contributed by atoms with van der Waals surface area (Å²) < 4.78 is 5.83. The predicted octanol–water partition coefficient (Wildman–Crippen LogP) is 11.5. The molecule has 0 aromatic carbocycles. The zero-order valence-electron chi connectivity index (χ0n) is 33.0. The highest BCUT2D eigenvalue weighted by Crippen LogP contribution is 2.16. The number of allylic oxidation sites excluding steroid dienone is 12. The van der Waals surface area contributed by atoms with Crippen LogP contribution in [0.25, 0.3) is 0 Å². The lowest BCUT2D eigenvalue weighted by atomic mass is 10.0. The minimum absolute atomic E-state index is 0.0447. The van der Waals surface area contributed by atoms with E-state index in [0.29, 0.717) is 19.3 Å². The molecule has 292 valence electrons. The number of unbranched alkanes of at least 4 members (excludes halogenated alkanes) is 15. The number of hydrogen-bond acceptors (Lipinski definition) is 5. The maximum atomic E-state index is 13.0. The Hall–Kier alpha value is -2.70. The van der Waals surface area contributed by atoms with Crippen LogP contribution in [0.5, 0.6) is 0 Å². The summed E-state index contributed by atoms with van der Waals surface area (Å²) in [5.41, 5.74) is 0. The monoisotopic (exact) mass is 712 g/mol. The third kappa shape index (κ3) is 34.2. The average Bonchev–Trinajstić information content (AvgIpc) is 3.12. The molecule has 0 aromatic rings. The highest BCUT2D eigenvalue weighted by Gasteiger charge is 2.24. The van der Waals surface area contributed by atoms with Gasteiger partial charge in [0, 0.05) is 6.42 Å². The number of hydrogen-bond donors (Lipinski definition) is 3. The number of aliphatic hydroxyl groups is 2. The van der Waals surface area contributed by atoms with Crippen molar-refractivity contribution in [1.29, 1.82) is 0 Å². The van der Waals surface area contributed by atoms with Crippen molar-refractivity contribution in [2.45, 2.75) is 193 Å². The van der Waals surface area contributed by atoms with Gasteiger partial charge in [-0.05, 0) is 64.2 Å². The third-order valence-electron chi connectivity index (χ3n) is 8.88. The molecule has 0 aliphatic heterocycles. The quantitative estimate of drug-likeness (QED) is 0.0263. The van der Waals surface area contributed by atoms with Crippen LogP contribution in [0, 0.1) is 0 Å². The number of aliphatic hydroxyl groups excluding tert-OH is 2. The smallest absolute Gasteiger partial charge is 0.306 e. The molecule has 3 N–H and O–H groups in total. The molecule has 0 bridgehead atoms. The Morgan fingerprint density at radius 3 is 1.75 bits per heavy atom. The van der Waals surface area contributed by atoms with E-state index in [0.717, 1.165) is 89.9 Å². The molecular weight excluding hydrogens is 634 g/mol. The number of amides is 1. The Morgan fingerprint density at radius 1 is 0.588 bits per heavy atom. The van der Waals surface area contributed by atoms with Gasteiger partial charge in [0.05, 0.1) is 25.2 Å². The topological polar surface area (TPSA) is 95.9 Å². The minimum atomic E-state index is -0.798. The maximum absolute atomic E-state index is 13.0. The first-order chi connectivity index (χ1) is 25.0. The van der Waals surface area contributed by atoms with Gasteiger partial charge in [-0.1, -0.05) is 171 Å². The largest absolute Gasteiger partial charge is 0.462 e. The van der Waals surface area contributed by atoms with E-state index in [2.05, 4.69) is 50.4 Å². The van der Waals surface area contributed by atoms with E-state index in [-0.39, 0.29) is 24.9 Å². The molecule has 0 aromatic heterocycles. The SMILES string of the molecule is CC/C=C/C=C/C=C\C=C/C=C/CCCCCC(=O)OC(CCCCC/C=C\CCC)CC(=O)NC(CO)C(O)CCCCCCCCCCC. The number of carbonyl (C=O) groups is 2. The van der Waals surface area contributed by atoms with Crippen LogP contribution < -0.4 is 5.32 Å². The van der Waals surface area contributed by atoms with Crippen molar-refractivity contribution in [3.63, 3.8) is 0 Å². The fraction of sp³-hybridized carbons (Fsp3) is 0.689. The van der Waals surface area contributed by atoms with E-state index in [9.17, 15) is 19.8 Å². The van der Waals surface area contributed by atoms with E-state index in [4.69, 9.17) is 4.74 Å². The Morgan fingerprint density at radius 2 is 1.12 bits per heavy atom. The lowest BCUT2D eigenvalue weighted by Gasteiger charge is -2.24. The molecule has 51 heavy (non-hydrogen) atoms. The zero-order chi connectivity index (χ0) is 37.5. The van der Waals surface area contributed by atoms with E-state index >= 15 is 0 Å². The highest BCUT2D eigenvalue weighted by molar-refractivity contribution is 5.77. The highest BCUT2D eigenvalue weighted by atomic mass is 16.5. The Balaban J connectivity index is 4.65. The number of esters is 1. The summed E-state index contributed by atoms with van der Waals surface area (Å²) in [5, 5.41) is 23.4. The molecule has 0 saturated heterocycles. The first kappa shape index (κ1) is 48.3. The van der Waals surface area contributed by atoms with Crippen LogP contribution in [0.3, 0.4) is 0 Å². The molecule has 0 aliphatic rings. The fourth-order valence-electron chi connectivity index (χ4n) is 5.74. The Bertz CT molecular complexity index is 979. The average molecular weight is 712 g/mol. The standard InChI is InChI=1S/C45H77NO5/c1-4-7-10-13-16-19-20-21-22-23-24-26-29-32-35-38-45(50)51-41(36-33-30-27-18-15-12-9-6-3)39-44(49)46-42(40-47)43(48)37-34-31-28-25-17-14-11-8-5-2/h7,10,12-13,15-16,19-24,41-43,47-48H,4-6,8-9,11,14,17-18,25-40H2,1-3H3,(H,46,49)/b10-7+,15-12-,16-13+,20-19-,22-21-,24-23+. The van der Waals surface area contributed by atoms with E-state index in [1.165, 1.54) is 38.5 Å². The van der Waals surface area contributed by atoms with Crippen molar-refractivity contribution in [1.82, 2.24) is 5.32 Å².